The number of carbonyl (C=O) groups excluding carboxylic acids is 8. The van der Waals surface area contributed by atoms with Gasteiger partial charge in [-0.3, -0.25) is 19.2 Å². The second kappa shape index (κ2) is 37.5. The second-order valence-corrected chi connectivity index (χ2v) is 22.8. The van der Waals surface area contributed by atoms with Gasteiger partial charge in [0.25, 0.3) is 0 Å². The van der Waals surface area contributed by atoms with Crippen molar-refractivity contribution < 1.29 is 95.2 Å². The van der Waals surface area contributed by atoms with Gasteiger partial charge in [-0.1, -0.05) is 121 Å². The van der Waals surface area contributed by atoms with Gasteiger partial charge >= 0.3 is 23.9 Å². The first kappa shape index (κ1) is 72.2. The van der Waals surface area contributed by atoms with E-state index >= 15 is 0 Å². The van der Waals surface area contributed by atoms with Crippen LogP contribution in [0.15, 0.2) is 218 Å². The van der Waals surface area contributed by atoms with Crippen LogP contribution in [0.5, 0.6) is 23.0 Å². The Morgan fingerprint density at radius 3 is 0.619 bits per heavy atom. The van der Waals surface area contributed by atoms with Crippen molar-refractivity contribution in [3.05, 3.63) is 263 Å². The predicted molar refractivity (Wildman–Crippen MR) is 355 cm³/mol. The zero-order valence-electron chi connectivity index (χ0n) is 54.2. The minimum absolute atomic E-state index is 0.135. The number of rotatable bonds is 40. The fourth-order valence-corrected chi connectivity index (χ4v) is 9.59. The molecule has 0 amide bonds. The van der Waals surface area contributed by atoms with Crippen molar-refractivity contribution in [2.24, 2.45) is 5.41 Å². The van der Waals surface area contributed by atoms with Crippen LogP contribution in [0.4, 0.5) is 0 Å². The van der Waals surface area contributed by atoms with Crippen LogP contribution < -0.4 is 18.9 Å². The van der Waals surface area contributed by atoms with E-state index in [9.17, 15) is 38.4 Å². The van der Waals surface area contributed by atoms with Gasteiger partial charge in [-0.25, -0.2) is 19.2 Å². The fraction of sp³-hybridized carbons (Fsp3) is 0.273. The number of hydrogen-bond acceptors (Lipinski definition) is 20. The highest BCUT2D eigenvalue weighted by atomic mass is 16.6. The van der Waals surface area contributed by atoms with Gasteiger partial charge in [0, 0.05) is 44.5 Å². The molecule has 8 rings (SSSR count). The summed E-state index contributed by atoms with van der Waals surface area (Å²) in [7, 11) is 0. The van der Waals surface area contributed by atoms with E-state index in [1.54, 1.807) is 222 Å². The van der Waals surface area contributed by atoms with Crippen molar-refractivity contribution in [2.45, 2.75) is 52.1 Å². The van der Waals surface area contributed by atoms with Gasteiger partial charge in [0.15, 0.2) is 49.6 Å². The molecule has 504 valence electrons. The van der Waals surface area contributed by atoms with Gasteiger partial charge in [0.2, 0.25) is 0 Å². The smallest absolute Gasteiger partial charge is 0.344 e. The molecule has 0 radical (unpaired) electrons. The molecule has 20 heteroatoms. The van der Waals surface area contributed by atoms with E-state index in [0.717, 1.165) is 0 Å². The lowest BCUT2D eigenvalue weighted by atomic mass is 9.92. The molecular formula is C77H76O20. The van der Waals surface area contributed by atoms with Crippen molar-refractivity contribution in [1.82, 2.24) is 0 Å². The van der Waals surface area contributed by atoms with Crippen LogP contribution in [0, 0.1) is 5.41 Å². The standard InChI is InChI=1S/C77H76O20/c1-53(94-69(78)45-90-65-33-25-61(26-34-65)73(82)57-17-9-5-10-18-57)41-86-49-77(50-87-42-54(2)95-70(79)46-91-66-35-27-62(28-36-66)74(83)58-19-11-6-12-20-58,51-88-43-55(3)96-71(80)47-92-67-37-29-63(30-38-67)75(84)59-21-13-7-14-22-59)52-89-44-56(4)97-72(81)48-93-68-39-31-64(32-40-68)76(85)60-23-15-8-16-24-60/h5-40,53-56H,41-52H2,1-4H3. The first-order chi connectivity index (χ1) is 47.0. The van der Waals surface area contributed by atoms with Crippen molar-refractivity contribution in [3.8, 4) is 23.0 Å². The number of ether oxygens (including phenoxy) is 12. The number of benzene rings is 8. The van der Waals surface area contributed by atoms with E-state index < -0.39 is 80.1 Å². The predicted octanol–water partition coefficient (Wildman–Crippen LogP) is 11.0. The number of ketones is 4. The molecule has 0 aromatic heterocycles. The van der Waals surface area contributed by atoms with Crippen LogP contribution in [0.3, 0.4) is 0 Å². The third-order valence-corrected chi connectivity index (χ3v) is 14.4. The Hall–Kier alpha value is -10.6. The third-order valence-electron chi connectivity index (χ3n) is 14.4. The average Bonchev–Trinajstić information content (AvgIpc) is 1.46. The van der Waals surface area contributed by atoms with Gasteiger partial charge in [-0.15, -0.1) is 0 Å². The van der Waals surface area contributed by atoms with Crippen LogP contribution in [0.1, 0.15) is 91.4 Å². The van der Waals surface area contributed by atoms with Crippen LogP contribution in [0.2, 0.25) is 0 Å². The molecular weight excluding hydrogens is 1240 g/mol. The molecule has 0 aliphatic rings. The molecule has 8 aromatic rings. The van der Waals surface area contributed by atoms with E-state index in [4.69, 9.17) is 56.8 Å². The molecule has 0 saturated heterocycles. The summed E-state index contributed by atoms with van der Waals surface area (Å²) < 4.78 is 70.3. The first-order valence-electron chi connectivity index (χ1n) is 31.4. The lowest BCUT2D eigenvalue weighted by Gasteiger charge is -2.34. The Morgan fingerprint density at radius 1 is 0.258 bits per heavy atom. The summed E-state index contributed by atoms with van der Waals surface area (Å²) in [5.41, 5.74) is 2.67. The topological polar surface area (TPSA) is 247 Å². The van der Waals surface area contributed by atoms with Crippen molar-refractivity contribution in [3.63, 3.8) is 0 Å². The Labute approximate surface area is 562 Å². The molecule has 97 heavy (non-hydrogen) atoms. The molecule has 0 aliphatic carbocycles. The molecule has 20 nitrogen and oxygen atoms in total. The second-order valence-electron chi connectivity index (χ2n) is 22.8. The average molecular weight is 1320 g/mol. The molecule has 0 spiro atoms. The number of esters is 4. The van der Waals surface area contributed by atoms with Crippen LogP contribution in [-0.4, -0.2) is 151 Å². The normalized spacial score (nSPS) is 12.8. The molecule has 0 bridgehead atoms. The maximum atomic E-state index is 13.1. The fourth-order valence-electron chi connectivity index (χ4n) is 9.59. The Morgan fingerprint density at radius 2 is 0.433 bits per heavy atom. The summed E-state index contributed by atoms with van der Waals surface area (Å²) >= 11 is 0. The molecule has 0 aliphatic heterocycles. The summed E-state index contributed by atoms with van der Waals surface area (Å²) in [5.74, 6) is -2.12. The van der Waals surface area contributed by atoms with Gasteiger partial charge in [0.1, 0.15) is 47.4 Å². The maximum Gasteiger partial charge on any atom is 0.344 e. The van der Waals surface area contributed by atoms with E-state index in [1.165, 1.54) is 0 Å². The Balaban J connectivity index is 0.889. The summed E-state index contributed by atoms with van der Waals surface area (Å²) in [6.07, 6.45) is -3.25. The van der Waals surface area contributed by atoms with Crippen molar-refractivity contribution in [1.29, 1.82) is 0 Å². The molecule has 0 saturated carbocycles. The highest BCUT2D eigenvalue weighted by Gasteiger charge is 2.34. The summed E-state index contributed by atoms with van der Waals surface area (Å²) in [6, 6.07) is 60.7. The quantitative estimate of drug-likeness (QED) is 0.0197. The maximum absolute atomic E-state index is 13.1. The molecule has 0 fully saturated rings. The van der Waals surface area contributed by atoms with Crippen LogP contribution >= 0.6 is 0 Å². The highest BCUT2D eigenvalue weighted by molar-refractivity contribution is 6.10. The minimum Gasteiger partial charge on any atom is -0.482 e. The summed E-state index contributed by atoms with van der Waals surface area (Å²) in [6.45, 7) is 3.51. The molecule has 4 unspecified atom stereocenters. The lowest BCUT2D eigenvalue weighted by molar-refractivity contribution is -0.164. The van der Waals surface area contributed by atoms with Crippen LogP contribution in [0.25, 0.3) is 0 Å². The Bertz CT molecular complexity index is 3300. The van der Waals surface area contributed by atoms with Gasteiger partial charge in [-0.05, 0) is 125 Å². The van der Waals surface area contributed by atoms with Gasteiger partial charge in [0.05, 0.1) is 58.3 Å². The molecule has 4 atom stereocenters. The monoisotopic (exact) mass is 1320 g/mol. The third kappa shape index (κ3) is 24.0. The molecule has 8 aromatic carbocycles. The summed E-state index contributed by atoms with van der Waals surface area (Å²) in [4.78, 5) is 104. The zero-order valence-corrected chi connectivity index (χ0v) is 54.2. The minimum atomic E-state index is -1.22. The largest absolute Gasteiger partial charge is 0.482 e. The number of hydrogen-bond donors (Lipinski definition) is 0. The van der Waals surface area contributed by atoms with Crippen molar-refractivity contribution >= 4 is 47.0 Å². The van der Waals surface area contributed by atoms with Gasteiger partial charge < -0.3 is 56.8 Å². The Kier molecular flexibility index (Phi) is 27.9. The van der Waals surface area contributed by atoms with E-state index in [2.05, 4.69) is 0 Å². The highest BCUT2D eigenvalue weighted by Crippen LogP contribution is 2.25. The zero-order chi connectivity index (χ0) is 68.8. The van der Waals surface area contributed by atoms with E-state index in [1.807, 2.05) is 24.3 Å². The van der Waals surface area contributed by atoms with Gasteiger partial charge in [-0.2, -0.15) is 0 Å². The first-order valence-corrected chi connectivity index (χ1v) is 31.4. The molecule has 0 heterocycles. The van der Waals surface area contributed by atoms with E-state index in [-0.39, 0.29) is 76.0 Å². The number of carbonyl (C=O) groups is 8. The van der Waals surface area contributed by atoms with Crippen molar-refractivity contribution in [2.75, 3.05) is 79.3 Å². The molecule has 0 N–H and O–H groups in total. The lowest BCUT2D eigenvalue weighted by Crippen LogP contribution is -2.44. The van der Waals surface area contributed by atoms with E-state index in [0.29, 0.717) is 67.5 Å². The SMILES string of the molecule is CC(COCC(COCC(C)OC(=O)COc1ccc(C(=O)c2ccccc2)cc1)(COCC(C)OC(=O)COc1ccc(C(=O)c2ccccc2)cc1)COCC(C)OC(=O)COc1ccc(C(=O)c2ccccc2)cc1)OC(=O)COc1ccc(C(=O)c2ccccc2)cc1. The summed E-state index contributed by atoms with van der Waals surface area (Å²) in [5, 5.41) is 0. The van der Waals surface area contributed by atoms with Crippen LogP contribution in [-0.2, 0) is 57.1 Å².